The summed E-state index contributed by atoms with van der Waals surface area (Å²) in [5, 5.41) is 2.83. The first-order valence-electron chi connectivity index (χ1n) is 3.99. The lowest BCUT2D eigenvalue weighted by atomic mass is 10.0. The van der Waals surface area contributed by atoms with Crippen LogP contribution in [-0.2, 0) is 0 Å². The highest BCUT2D eigenvalue weighted by molar-refractivity contribution is 4.74. The molecule has 0 aromatic rings. The van der Waals surface area contributed by atoms with Crippen molar-refractivity contribution in [1.82, 2.24) is 5.32 Å². The summed E-state index contributed by atoms with van der Waals surface area (Å²) in [7, 11) is 0. The second-order valence-electron chi connectivity index (χ2n) is 3.43. The summed E-state index contributed by atoms with van der Waals surface area (Å²) in [5.74, 6) is -0.0163. The van der Waals surface area contributed by atoms with Gasteiger partial charge in [0.25, 0.3) is 6.43 Å². The molecule has 1 unspecified atom stereocenters. The zero-order valence-electron chi connectivity index (χ0n) is 7.57. The van der Waals surface area contributed by atoms with Crippen LogP contribution >= 0.6 is 0 Å². The highest BCUT2D eigenvalue weighted by atomic mass is 19.3. The van der Waals surface area contributed by atoms with Gasteiger partial charge in [-0.3, -0.25) is 0 Å². The third-order valence-corrected chi connectivity index (χ3v) is 1.52. The Morgan fingerprint density at radius 1 is 1.00 bits per heavy atom. The highest BCUT2D eigenvalue weighted by Gasteiger charge is 2.23. The van der Waals surface area contributed by atoms with Crippen molar-refractivity contribution in [2.24, 2.45) is 5.92 Å². The molecule has 11 heavy (non-hydrogen) atoms. The van der Waals surface area contributed by atoms with E-state index in [0.717, 1.165) is 0 Å². The third kappa shape index (κ3) is 4.30. The second-order valence-corrected chi connectivity index (χ2v) is 3.43. The number of hydrogen-bond acceptors (Lipinski definition) is 1. The Morgan fingerprint density at radius 2 is 1.45 bits per heavy atom. The average Bonchev–Trinajstić information content (AvgIpc) is 1.81. The molecule has 1 atom stereocenters. The second kappa shape index (κ2) is 4.65. The van der Waals surface area contributed by atoms with E-state index >= 15 is 0 Å². The van der Waals surface area contributed by atoms with Gasteiger partial charge in [0, 0.05) is 6.04 Å². The summed E-state index contributed by atoms with van der Waals surface area (Å²) in [4.78, 5) is 0. The zero-order valence-corrected chi connectivity index (χ0v) is 7.57. The summed E-state index contributed by atoms with van der Waals surface area (Å²) in [5.41, 5.74) is 0. The van der Waals surface area contributed by atoms with Crippen LogP contribution in [0.1, 0.15) is 27.7 Å². The number of rotatable bonds is 4. The summed E-state index contributed by atoms with van der Waals surface area (Å²) in [6.45, 7) is 7.34. The van der Waals surface area contributed by atoms with Gasteiger partial charge in [0.05, 0.1) is 6.04 Å². The van der Waals surface area contributed by atoms with Crippen molar-refractivity contribution in [3.63, 3.8) is 0 Å². The van der Waals surface area contributed by atoms with Gasteiger partial charge in [-0.2, -0.15) is 0 Å². The number of alkyl halides is 2. The molecule has 1 nitrogen and oxygen atoms in total. The molecule has 1 N–H and O–H groups in total. The van der Waals surface area contributed by atoms with E-state index in [2.05, 4.69) is 5.32 Å². The number of hydrogen-bond donors (Lipinski definition) is 1. The van der Waals surface area contributed by atoms with Gasteiger partial charge < -0.3 is 5.32 Å². The smallest absolute Gasteiger partial charge is 0.253 e. The van der Waals surface area contributed by atoms with Crippen LogP contribution in [0.5, 0.6) is 0 Å². The molecule has 0 heterocycles. The van der Waals surface area contributed by atoms with Crippen LogP contribution < -0.4 is 5.32 Å². The number of nitrogens with one attached hydrogen (secondary N) is 1. The van der Waals surface area contributed by atoms with Crippen LogP contribution in [0.15, 0.2) is 0 Å². The average molecular weight is 165 g/mol. The van der Waals surface area contributed by atoms with Gasteiger partial charge in [0.1, 0.15) is 0 Å². The first-order valence-corrected chi connectivity index (χ1v) is 3.99. The van der Waals surface area contributed by atoms with E-state index in [1.165, 1.54) is 0 Å². The van der Waals surface area contributed by atoms with Crippen molar-refractivity contribution in [2.75, 3.05) is 0 Å². The molecule has 0 bridgehead atoms. The molecule has 0 amide bonds. The standard InChI is InChI=1S/C8H17F2N/c1-5(2)7(8(9)10)11-6(3)4/h5-8,11H,1-4H3. The van der Waals surface area contributed by atoms with Gasteiger partial charge >= 0.3 is 0 Å². The maximum absolute atomic E-state index is 12.2. The maximum Gasteiger partial charge on any atom is 0.253 e. The molecule has 0 aliphatic heterocycles. The summed E-state index contributed by atoms with van der Waals surface area (Å²) in [6, 6.07) is -0.550. The molecular weight excluding hydrogens is 148 g/mol. The molecule has 0 aromatic heterocycles. The van der Waals surface area contributed by atoms with Crippen molar-refractivity contribution in [2.45, 2.75) is 46.2 Å². The molecule has 0 aromatic carbocycles. The molecule has 0 aliphatic rings. The van der Waals surface area contributed by atoms with Crippen molar-refractivity contribution < 1.29 is 8.78 Å². The van der Waals surface area contributed by atoms with Crippen molar-refractivity contribution in [3.05, 3.63) is 0 Å². The van der Waals surface area contributed by atoms with Crippen molar-refractivity contribution >= 4 is 0 Å². The summed E-state index contributed by atoms with van der Waals surface area (Å²) >= 11 is 0. The van der Waals surface area contributed by atoms with E-state index in [1.54, 1.807) is 13.8 Å². The van der Waals surface area contributed by atoms with E-state index in [-0.39, 0.29) is 12.0 Å². The first-order chi connectivity index (χ1) is 4.95. The van der Waals surface area contributed by atoms with Crippen LogP contribution in [0.2, 0.25) is 0 Å². The van der Waals surface area contributed by atoms with Crippen LogP contribution in [0, 0.1) is 5.92 Å². The summed E-state index contributed by atoms with van der Waals surface area (Å²) in [6.07, 6.45) is -2.27. The minimum absolute atomic E-state index is 0.0163. The molecule has 0 aliphatic carbocycles. The van der Waals surface area contributed by atoms with Crippen LogP contribution in [0.4, 0.5) is 8.78 Å². The van der Waals surface area contributed by atoms with E-state index in [9.17, 15) is 8.78 Å². The molecule has 0 saturated carbocycles. The molecule has 0 rings (SSSR count). The molecule has 0 radical (unpaired) electrons. The van der Waals surface area contributed by atoms with Gasteiger partial charge in [0.15, 0.2) is 0 Å². The van der Waals surface area contributed by atoms with E-state index < -0.39 is 12.5 Å². The SMILES string of the molecule is CC(C)NC(C(C)C)C(F)F. The molecule has 68 valence electrons. The van der Waals surface area contributed by atoms with E-state index in [0.29, 0.717) is 0 Å². The summed E-state index contributed by atoms with van der Waals surface area (Å²) < 4.78 is 24.5. The van der Waals surface area contributed by atoms with Gasteiger partial charge in [-0.25, -0.2) is 8.78 Å². The largest absolute Gasteiger partial charge is 0.306 e. The maximum atomic E-state index is 12.2. The monoisotopic (exact) mass is 165 g/mol. The highest BCUT2D eigenvalue weighted by Crippen LogP contribution is 2.11. The fraction of sp³-hybridized carbons (Fsp3) is 1.00. The predicted molar refractivity (Wildman–Crippen MR) is 42.9 cm³/mol. The zero-order chi connectivity index (χ0) is 9.02. The Labute approximate surface area is 67.2 Å². The van der Waals surface area contributed by atoms with Gasteiger partial charge in [-0.15, -0.1) is 0 Å². The molecule has 0 fully saturated rings. The predicted octanol–water partition coefficient (Wildman–Crippen LogP) is 2.27. The van der Waals surface area contributed by atoms with Crippen LogP contribution in [0.25, 0.3) is 0 Å². The molecule has 0 spiro atoms. The van der Waals surface area contributed by atoms with Gasteiger partial charge in [0.2, 0.25) is 0 Å². The Bertz CT molecular complexity index is 94.3. The topological polar surface area (TPSA) is 12.0 Å². The normalized spacial score (nSPS) is 15.0. The van der Waals surface area contributed by atoms with E-state index in [4.69, 9.17) is 0 Å². The Hall–Kier alpha value is -0.180. The quantitative estimate of drug-likeness (QED) is 0.673. The Kier molecular flexibility index (Phi) is 4.57. The van der Waals surface area contributed by atoms with Crippen molar-refractivity contribution in [1.29, 1.82) is 0 Å². The lowest BCUT2D eigenvalue weighted by Crippen LogP contribution is -2.43. The van der Waals surface area contributed by atoms with Crippen LogP contribution in [-0.4, -0.2) is 18.5 Å². The van der Waals surface area contributed by atoms with Crippen LogP contribution in [0.3, 0.4) is 0 Å². The van der Waals surface area contributed by atoms with E-state index in [1.807, 2.05) is 13.8 Å². The first kappa shape index (κ1) is 10.8. The minimum Gasteiger partial charge on any atom is -0.306 e. The van der Waals surface area contributed by atoms with Crippen molar-refractivity contribution in [3.8, 4) is 0 Å². The fourth-order valence-electron chi connectivity index (χ4n) is 0.941. The molecule has 3 heteroatoms. The molecule has 0 saturated heterocycles. The Balaban J connectivity index is 3.90. The number of halogens is 2. The van der Waals surface area contributed by atoms with Gasteiger partial charge in [-0.05, 0) is 5.92 Å². The molecular formula is C8H17F2N. The fourth-order valence-corrected chi connectivity index (χ4v) is 0.941. The third-order valence-electron chi connectivity index (χ3n) is 1.52. The lowest BCUT2D eigenvalue weighted by Gasteiger charge is -2.23. The minimum atomic E-state index is -2.27. The lowest BCUT2D eigenvalue weighted by molar-refractivity contribution is 0.0724. The van der Waals surface area contributed by atoms with Gasteiger partial charge in [-0.1, -0.05) is 27.7 Å². The Morgan fingerprint density at radius 3 is 1.55 bits per heavy atom.